The van der Waals surface area contributed by atoms with Crippen LogP contribution in [-0.4, -0.2) is 34.8 Å². The molecule has 0 aliphatic carbocycles. The van der Waals surface area contributed by atoms with Crippen LogP contribution in [0.2, 0.25) is 0 Å². The minimum absolute atomic E-state index is 0.257. The highest BCUT2D eigenvalue weighted by Crippen LogP contribution is 1.88. The van der Waals surface area contributed by atoms with Crippen molar-refractivity contribution in [1.82, 2.24) is 5.01 Å². The van der Waals surface area contributed by atoms with Gasteiger partial charge in [0, 0.05) is 14.0 Å². The van der Waals surface area contributed by atoms with E-state index < -0.39 is 5.97 Å². The smallest absolute Gasteiger partial charge is 0.356 e. The van der Waals surface area contributed by atoms with Crippen molar-refractivity contribution in [3.05, 3.63) is 12.7 Å². The molecule has 5 heteroatoms. The Hall–Kier alpha value is -1.65. The zero-order valence-electron chi connectivity index (χ0n) is 6.94. The molecule has 12 heavy (non-hydrogen) atoms. The van der Waals surface area contributed by atoms with Crippen molar-refractivity contribution in [3.8, 4) is 0 Å². The summed E-state index contributed by atoms with van der Waals surface area (Å²) in [6.07, 6.45) is 1.07. The van der Waals surface area contributed by atoms with Crippen LogP contribution in [0.4, 0.5) is 0 Å². The molecule has 0 saturated heterocycles. The van der Waals surface area contributed by atoms with Gasteiger partial charge in [-0.3, -0.25) is 4.79 Å². The van der Waals surface area contributed by atoms with E-state index in [9.17, 15) is 9.59 Å². The van der Waals surface area contributed by atoms with Crippen molar-refractivity contribution in [2.75, 3.05) is 7.05 Å². The minimum Gasteiger partial charge on any atom is -0.476 e. The van der Waals surface area contributed by atoms with Gasteiger partial charge in [0.15, 0.2) is 5.71 Å². The number of carboxylic acids is 1. The predicted molar refractivity (Wildman–Crippen MR) is 43.7 cm³/mol. The van der Waals surface area contributed by atoms with E-state index in [0.717, 1.165) is 11.1 Å². The Bertz CT molecular complexity index is 245. The molecule has 0 radical (unpaired) electrons. The van der Waals surface area contributed by atoms with Crippen LogP contribution in [0.15, 0.2) is 17.8 Å². The summed E-state index contributed by atoms with van der Waals surface area (Å²) in [4.78, 5) is 21.0. The molecule has 0 aliphatic heterocycles. The molecular formula is C7H10N2O3. The molecule has 0 bridgehead atoms. The van der Waals surface area contributed by atoms with E-state index in [4.69, 9.17) is 5.11 Å². The summed E-state index contributed by atoms with van der Waals surface area (Å²) in [5.41, 5.74) is -0.257. The van der Waals surface area contributed by atoms with Crippen molar-refractivity contribution >= 4 is 17.6 Å². The Morgan fingerprint density at radius 2 is 2.08 bits per heavy atom. The second kappa shape index (κ2) is 4.27. The standard InChI is InChI=1S/C7H10N2O3/c1-4-6(7(11)12)8-9(3)5(2)10/h4H,1H2,2-3H3,(H,11,12)/b8-6+. The molecule has 5 nitrogen and oxygen atoms in total. The molecule has 66 valence electrons. The monoisotopic (exact) mass is 170 g/mol. The Balaban J connectivity index is 4.60. The first-order valence-corrected chi connectivity index (χ1v) is 3.17. The van der Waals surface area contributed by atoms with Gasteiger partial charge in [-0.15, -0.1) is 0 Å². The van der Waals surface area contributed by atoms with Crippen molar-refractivity contribution in [2.24, 2.45) is 5.10 Å². The molecule has 0 fully saturated rings. The zero-order valence-corrected chi connectivity index (χ0v) is 6.94. The van der Waals surface area contributed by atoms with Gasteiger partial charge in [0.05, 0.1) is 0 Å². The number of aliphatic carboxylic acids is 1. The third kappa shape index (κ3) is 2.96. The number of hydrazone groups is 1. The van der Waals surface area contributed by atoms with Gasteiger partial charge in [0.25, 0.3) is 0 Å². The van der Waals surface area contributed by atoms with Crippen LogP contribution in [0.25, 0.3) is 0 Å². The van der Waals surface area contributed by atoms with Crippen LogP contribution < -0.4 is 0 Å². The molecule has 0 aromatic rings. The summed E-state index contributed by atoms with van der Waals surface area (Å²) in [6, 6.07) is 0. The SMILES string of the molecule is C=C/C(=N\N(C)C(C)=O)C(=O)O. The maximum Gasteiger partial charge on any atom is 0.356 e. The first-order valence-electron chi connectivity index (χ1n) is 3.17. The summed E-state index contributed by atoms with van der Waals surface area (Å²) >= 11 is 0. The predicted octanol–water partition coefficient (Wildman–Crippen LogP) is 0.0913. The largest absolute Gasteiger partial charge is 0.476 e. The fourth-order valence-corrected chi connectivity index (χ4v) is 0.403. The van der Waals surface area contributed by atoms with E-state index >= 15 is 0 Å². The van der Waals surface area contributed by atoms with Gasteiger partial charge >= 0.3 is 5.97 Å². The zero-order chi connectivity index (χ0) is 9.72. The molecule has 0 aliphatic rings. The van der Waals surface area contributed by atoms with Crippen LogP contribution in [0.5, 0.6) is 0 Å². The lowest BCUT2D eigenvalue weighted by Crippen LogP contribution is -2.22. The van der Waals surface area contributed by atoms with E-state index in [1.165, 1.54) is 14.0 Å². The lowest BCUT2D eigenvalue weighted by atomic mass is 10.4. The highest BCUT2D eigenvalue weighted by Gasteiger charge is 2.07. The number of carbonyl (C=O) groups is 2. The minimum atomic E-state index is -1.21. The fraction of sp³-hybridized carbons (Fsp3) is 0.286. The molecule has 1 amide bonds. The van der Waals surface area contributed by atoms with Gasteiger partial charge in [-0.2, -0.15) is 5.10 Å². The number of nitrogens with zero attached hydrogens (tertiary/aromatic N) is 2. The summed E-state index contributed by atoms with van der Waals surface area (Å²) in [6.45, 7) is 4.53. The summed E-state index contributed by atoms with van der Waals surface area (Å²) < 4.78 is 0. The van der Waals surface area contributed by atoms with Crippen molar-refractivity contribution < 1.29 is 14.7 Å². The highest BCUT2D eigenvalue weighted by atomic mass is 16.4. The summed E-state index contributed by atoms with van der Waals surface area (Å²) in [5.74, 6) is -1.55. The van der Waals surface area contributed by atoms with Gasteiger partial charge in [-0.1, -0.05) is 6.58 Å². The molecule has 0 rings (SSSR count). The molecular weight excluding hydrogens is 160 g/mol. The van der Waals surface area contributed by atoms with Crippen molar-refractivity contribution in [1.29, 1.82) is 0 Å². The average Bonchev–Trinajstić information content (AvgIpc) is 1.98. The molecule has 0 aromatic heterocycles. The van der Waals surface area contributed by atoms with E-state index in [2.05, 4.69) is 11.7 Å². The molecule has 0 atom stereocenters. The molecule has 0 heterocycles. The topological polar surface area (TPSA) is 70.0 Å². The molecule has 1 N–H and O–H groups in total. The highest BCUT2D eigenvalue weighted by molar-refractivity contribution is 6.40. The summed E-state index contributed by atoms with van der Waals surface area (Å²) in [5, 5.41) is 12.9. The maximum absolute atomic E-state index is 10.6. The van der Waals surface area contributed by atoms with Crippen molar-refractivity contribution in [3.63, 3.8) is 0 Å². The van der Waals surface area contributed by atoms with Gasteiger partial charge in [-0.05, 0) is 6.08 Å². The number of hydrogen-bond acceptors (Lipinski definition) is 3. The van der Waals surface area contributed by atoms with Gasteiger partial charge < -0.3 is 5.11 Å². The van der Waals surface area contributed by atoms with Gasteiger partial charge in [0.2, 0.25) is 5.91 Å². The van der Waals surface area contributed by atoms with E-state index in [0.29, 0.717) is 0 Å². The van der Waals surface area contributed by atoms with E-state index in [-0.39, 0.29) is 11.6 Å². The van der Waals surface area contributed by atoms with E-state index in [1.54, 1.807) is 0 Å². The molecule has 0 saturated carbocycles. The third-order valence-electron chi connectivity index (χ3n) is 1.13. The third-order valence-corrected chi connectivity index (χ3v) is 1.13. The van der Waals surface area contributed by atoms with Crippen LogP contribution in [0.1, 0.15) is 6.92 Å². The van der Waals surface area contributed by atoms with Crippen LogP contribution in [0, 0.1) is 0 Å². The Kier molecular flexibility index (Phi) is 3.69. The first-order chi connectivity index (χ1) is 5.49. The first kappa shape index (κ1) is 10.3. The lowest BCUT2D eigenvalue weighted by molar-refractivity contribution is -0.129. The number of carbonyl (C=O) groups excluding carboxylic acids is 1. The normalized spacial score (nSPS) is 10.7. The van der Waals surface area contributed by atoms with Gasteiger partial charge in [0.1, 0.15) is 0 Å². The Morgan fingerprint density at radius 3 is 2.33 bits per heavy atom. The number of rotatable bonds is 3. The molecule has 0 unspecified atom stereocenters. The number of hydrogen-bond donors (Lipinski definition) is 1. The Morgan fingerprint density at radius 1 is 1.58 bits per heavy atom. The fourth-order valence-electron chi connectivity index (χ4n) is 0.403. The molecule has 0 aromatic carbocycles. The quantitative estimate of drug-likeness (QED) is 0.482. The van der Waals surface area contributed by atoms with Crippen molar-refractivity contribution in [2.45, 2.75) is 6.92 Å². The van der Waals surface area contributed by atoms with Gasteiger partial charge in [-0.25, -0.2) is 9.80 Å². The summed E-state index contributed by atoms with van der Waals surface area (Å²) in [7, 11) is 1.37. The van der Waals surface area contributed by atoms with E-state index in [1.807, 2.05) is 0 Å². The lowest BCUT2D eigenvalue weighted by Gasteiger charge is -2.07. The maximum atomic E-state index is 10.6. The second-order valence-electron chi connectivity index (χ2n) is 2.04. The average molecular weight is 170 g/mol. The Labute approximate surface area is 70.0 Å². The number of amides is 1. The van der Waals surface area contributed by atoms with Crippen LogP contribution in [-0.2, 0) is 9.59 Å². The number of carboxylic acid groups (broad SMARTS) is 1. The molecule has 0 spiro atoms. The van der Waals surface area contributed by atoms with Crippen LogP contribution >= 0.6 is 0 Å². The second-order valence-corrected chi connectivity index (χ2v) is 2.04. The van der Waals surface area contributed by atoms with Crippen LogP contribution in [0.3, 0.4) is 0 Å².